The SMILES string of the molecule is Cc1nc2sc(C(=O)N(Cc3ccccc3)Cc3ccccc3)c(N)c2c(C)c1Cl. The van der Waals surface area contributed by atoms with Gasteiger partial charge in [0, 0.05) is 18.5 Å². The van der Waals surface area contributed by atoms with E-state index in [0.29, 0.717) is 28.7 Å². The number of fused-ring (bicyclic) bond motifs is 1. The number of nitrogens with zero attached hydrogens (tertiary/aromatic N) is 2. The molecule has 0 saturated heterocycles. The van der Waals surface area contributed by atoms with E-state index in [2.05, 4.69) is 4.98 Å². The smallest absolute Gasteiger partial charge is 0.266 e. The minimum atomic E-state index is -0.101. The van der Waals surface area contributed by atoms with Crippen molar-refractivity contribution in [2.45, 2.75) is 26.9 Å². The summed E-state index contributed by atoms with van der Waals surface area (Å²) in [7, 11) is 0. The van der Waals surface area contributed by atoms with Crippen molar-refractivity contribution in [3.05, 3.63) is 92.9 Å². The number of carbonyl (C=O) groups excluding carboxylic acids is 1. The Labute approximate surface area is 184 Å². The Balaban J connectivity index is 1.75. The highest BCUT2D eigenvalue weighted by atomic mass is 35.5. The summed E-state index contributed by atoms with van der Waals surface area (Å²) in [4.78, 5) is 21.3. The van der Waals surface area contributed by atoms with Crippen LogP contribution in [0, 0.1) is 13.8 Å². The van der Waals surface area contributed by atoms with Crippen molar-refractivity contribution in [1.82, 2.24) is 9.88 Å². The number of aryl methyl sites for hydroxylation is 2. The molecule has 6 heteroatoms. The van der Waals surface area contributed by atoms with Crippen LogP contribution >= 0.6 is 22.9 Å². The Bertz CT molecular complexity index is 1160. The molecule has 0 aliphatic carbocycles. The van der Waals surface area contributed by atoms with Crippen molar-refractivity contribution >= 4 is 44.7 Å². The minimum absolute atomic E-state index is 0.101. The lowest BCUT2D eigenvalue weighted by molar-refractivity contribution is 0.0736. The molecule has 0 bridgehead atoms. The van der Waals surface area contributed by atoms with Crippen molar-refractivity contribution in [3.8, 4) is 0 Å². The third-order valence-corrected chi connectivity index (χ3v) is 6.78. The Morgan fingerprint density at radius 2 is 1.53 bits per heavy atom. The number of anilines is 1. The maximum Gasteiger partial charge on any atom is 0.266 e. The largest absolute Gasteiger partial charge is 0.397 e. The van der Waals surface area contributed by atoms with E-state index in [0.717, 1.165) is 32.6 Å². The summed E-state index contributed by atoms with van der Waals surface area (Å²) in [5, 5.41) is 1.37. The van der Waals surface area contributed by atoms with Crippen LogP contribution in [0.1, 0.15) is 32.1 Å². The van der Waals surface area contributed by atoms with E-state index in [4.69, 9.17) is 17.3 Å². The molecule has 2 aromatic heterocycles. The number of thiophene rings is 1. The molecule has 4 aromatic rings. The lowest BCUT2D eigenvalue weighted by atomic mass is 10.1. The van der Waals surface area contributed by atoms with Gasteiger partial charge in [-0.1, -0.05) is 72.3 Å². The van der Waals surface area contributed by atoms with Crippen LogP contribution in [0.25, 0.3) is 10.2 Å². The highest BCUT2D eigenvalue weighted by molar-refractivity contribution is 7.21. The van der Waals surface area contributed by atoms with Gasteiger partial charge < -0.3 is 10.6 Å². The number of nitrogen functional groups attached to an aromatic ring is 1. The first kappa shape index (κ1) is 20.4. The first-order valence-corrected chi connectivity index (χ1v) is 10.9. The van der Waals surface area contributed by atoms with Crippen LogP contribution in [0.3, 0.4) is 0 Å². The summed E-state index contributed by atoms with van der Waals surface area (Å²) in [6.07, 6.45) is 0. The fourth-order valence-electron chi connectivity index (χ4n) is 3.56. The molecule has 2 heterocycles. The summed E-state index contributed by atoms with van der Waals surface area (Å²) >= 11 is 7.72. The Morgan fingerprint density at radius 3 is 2.07 bits per heavy atom. The molecular formula is C24H22ClN3OS. The standard InChI is InChI=1S/C24H22ClN3OS/c1-15-19-21(26)22(30-23(19)27-16(2)20(15)25)24(29)28(13-17-9-5-3-6-10-17)14-18-11-7-4-8-12-18/h3-12H,13-14,26H2,1-2H3. The molecule has 0 saturated carbocycles. The molecule has 0 spiro atoms. The fraction of sp³-hybridized carbons (Fsp3) is 0.167. The maximum absolute atomic E-state index is 13.6. The van der Waals surface area contributed by atoms with E-state index in [1.807, 2.05) is 79.4 Å². The first-order chi connectivity index (χ1) is 14.5. The maximum atomic E-state index is 13.6. The van der Waals surface area contributed by atoms with Crippen molar-refractivity contribution in [1.29, 1.82) is 0 Å². The van der Waals surface area contributed by atoms with Crippen LogP contribution in [-0.2, 0) is 13.1 Å². The Morgan fingerprint density at radius 1 is 1.00 bits per heavy atom. The number of amides is 1. The molecule has 0 unspecified atom stereocenters. The average molecular weight is 436 g/mol. The number of hydrogen-bond donors (Lipinski definition) is 1. The molecule has 152 valence electrons. The predicted octanol–water partition coefficient (Wildman–Crippen LogP) is 5.99. The highest BCUT2D eigenvalue weighted by Crippen LogP contribution is 2.39. The monoisotopic (exact) mass is 435 g/mol. The van der Waals surface area contributed by atoms with Gasteiger partial charge in [0.25, 0.3) is 5.91 Å². The Kier molecular flexibility index (Phi) is 5.75. The molecule has 4 rings (SSSR count). The molecule has 0 aliphatic rings. The zero-order valence-electron chi connectivity index (χ0n) is 16.9. The number of carbonyl (C=O) groups is 1. The van der Waals surface area contributed by atoms with Gasteiger partial charge in [-0.05, 0) is 30.5 Å². The van der Waals surface area contributed by atoms with Gasteiger partial charge in [0.1, 0.15) is 9.71 Å². The number of hydrogen-bond acceptors (Lipinski definition) is 4. The van der Waals surface area contributed by atoms with Crippen LogP contribution in [-0.4, -0.2) is 15.8 Å². The molecular weight excluding hydrogens is 414 g/mol. The van der Waals surface area contributed by atoms with Crippen molar-refractivity contribution in [2.75, 3.05) is 5.73 Å². The van der Waals surface area contributed by atoms with Crippen molar-refractivity contribution in [2.24, 2.45) is 0 Å². The van der Waals surface area contributed by atoms with Crippen LogP contribution in [0.2, 0.25) is 5.02 Å². The number of aromatic nitrogens is 1. The summed E-state index contributed by atoms with van der Waals surface area (Å²) in [6.45, 7) is 4.77. The fourth-order valence-corrected chi connectivity index (χ4v) is 4.87. The topological polar surface area (TPSA) is 59.2 Å². The van der Waals surface area contributed by atoms with E-state index in [1.165, 1.54) is 11.3 Å². The normalized spacial score (nSPS) is 11.0. The molecule has 2 N–H and O–H groups in total. The Hall–Kier alpha value is -2.89. The van der Waals surface area contributed by atoms with Gasteiger partial charge in [-0.15, -0.1) is 11.3 Å². The quantitative estimate of drug-likeness (QED) is 0.418. The summed E-state index contributed by atoms with van der Waals surface area (Å²) in [5.74, 6) is -0.101. The van der Waals surface area contributed by atoms with E-state index in [1.54, 1.807) is 0 Å². The third kappa shape index (κ3) is 3.91. The molecule has 4 nitrogen and oxygen atoms in total. The zero-order valence-corrected chi connectivity index (χ0v) is 18.4. The van der Waals surface area contributed by atoms with Gasteiger partial charge in [0.15, 0.2) is 0 Å². The van der Waals surface area contributed by atoms with Crippen molar-refractivity contribution < 1.29 is 4.79 Å². The third-order valence-electron chi connectivity index (χ3n) is 5.13. The molecule has 2 aromatic carbocycles. The van der Waals surface area contributed by atoms with Gasteiger partial charge >= 0.3 is 0 Å². The lowest BCUT2D eigenvalue weighted by Crippen LogP contribution is -2.30. The van der Waals surface area contributed by atoms with Crippen LogP contribution in [0.4, 0.5) is 5.69 Å². The molecule has 0 radical (unpaired) electrons. The van der Waals surface area contributed by atoms with Gasteiger partial charge in [-0.2, -0.15) is 0 Å². The van der Waals surface area contributed by atoms with Gasteiger partial charge in [0.2, 0.25) is 0 Å². The molecule has 0 aliphatic heterocycles. The van der Waals surface area contributed by atoms with E-state index in [9.17, 15) is 4.79 Å². The highest BCUT2D eigenvalue weighted by Gasteiger charge is 2.25. The minimum Gasteiger partial charge on any atom is -0.397 e. The molecule has 1 amide bonds. The average Bonchev–Trinajstić information content (AvgIpc) is 3.08. The zero-order chi connectivity index (χ0) is 21.3. The predicted molar refractivity (Wildman–Crippen MR) is 125 cm³/mol. The van der Waals surface area contributed by atoms with Crippen LogP contribution < -0.4 is 5.73 Å². The second-order valence-corrected chi connectivity index (χ2v) is 8.67. The molecule has 30 heavy (non-hydrogen) atoms. The second kappa shape index (κ2) is 8.46. The van der Waals surface area contributed by atoms with Gasteiger partial charge in [-0.25, -0.2) is 4.98 Å². The van der Waals surface area contributed by atoms with Crippen LogP contribution in [0.15, 0.2) is 60.7 Å². The molecule has 0 atom stereocenters. The first-order valence-electron chi connectivity index (χ1n) is 9.67. The van der Waals surface area contributed by atoms with Crippen LogP contribution in [0.5, 0.6) is 0 Å². The number of rotatable bonds is 5. The number of pyridine rings is 1. The van der Waals surface area contributed by atoms with Gasteiger partial charge in [-0.3, -0.25) is 4.79 Å². The summed E-state index contributed by atoms with van der Waals surface area (Å²) < 4.78 is 0. The number of benzene rings is 2. The number of halogens is 1. The van der Waals surface area contributed by atoms with Gasteiger partial charge in [0.05, 0.1) is 16.4 Å². The molecule has 0 fully saturated rings. The lowest BCUT2D eigenvalue weighted by Gasteiger charge is -2.23. The van der Waals surface area contributed by atoms with E-state index < -0.39 is 0 Å². The second-order valence-electron chi connectivity index (χ2n) is 7.29. The van der Waals surface area contributed by atoms with E-state index in [-0.39, 0.29) is 5.91 Å². The van der Waals surface area contributed by atoms with Crippen molar-refractivity contribution in [3.63, 3.8) is 0 Å². The van der Waals surface area contributed by atoms with E-state index >= 15 is 0 Å². The summed E-state index contributed by atoms with van der Waals surface area (Å²) in [5.41, 5.74) is 10.6. The summed E-state index contributed by atoms with van der Waals surface area (Å²) in [6, 6.07) is 19.9. The number of nitrogens with two attached hydrogens (primary N) is 1.